The van der Waals surface area contributed by atoms with Gasteiger partial charge in [0, 0.05) is 11.1 Å². The van der Waals surface area contributed by atoms with E-state index < -0.39 is 18.5 Å². The van der Waals surface area contributed by atoms with Gasteiger partial charge in [0.1, 0.15) is 12.1 Å². The van der Waals surface area contributed by atoms with E-state index in [4.69, 9.17) is 21.1 Å². The minimum Gasteiger partial charge on any atom is -0.495 e. The minimum atomic E-state index is -0.649. The van der Waals surface area contributed by atoms with Crippen molar-refractivity contribution in [3.8, 4) is 11.4 Å². The summed E-state index contributed by atoms with van der Waals surface area (Å²) in [6.07, 6.45) is 1.40. The molecule has 3 aromatic rings. The first-order chi connectivity index (χ1) is 13.5. The first-order valence-electron chi connectivity index (χ1n) is 8.12. The van der Waals surface area contributed by atoms with Crippen molar-refractivity contribution in [1.82, 2.24) is 20.2 Å². The number of hydrogen-bond donors (Lipinski definition) is 1. The van der Waals surface area contributed by atoms with Gasteiger partial charge in [-0.3, -0.25) is 4.79 Å². The van der Waals surface area contributed by atoms with Crippen molar-refractivity contribution in [1.29, 1.82) is 0 Å². The van der Waals surface area contributed by atoms with Crippen LogP contribution in [0.5, 0.6) is 5.75 Å². The Morgan fingerprint density at radius 2 is 2.07 bits per heavy atom. The molecule has 1 amide bonds. The molecule has 0 aliphatic carbocycles. The molecule has 0 spiro atoms. The summed E-state index contributed by atoms with van der Waals surface area (Å²) in [5, 5.41) is 14.0. The Labute approximate surface area is 165 Å². The fraction of sp³-hybridized carbons (Fsp3) is 0.167. The van der Waals surface area contributed by atoms with Crippen molar-refractivity contribution in [3.05, 3.63) is 58.9 Å². The summed E-state index contributed by atoms with van der Waals surface area (Å²) in [7, 11) is 1.47. The molecular formula is C18H16ClN5O4. The molecule has 9 nitrogen and oxygen atoms in total. The highest BCUT2D eigenvalue weighted by Gasteiger charge is 2.14. The summed E-state index contributed by atoms with van der Waals surface area (Å²) in [6.45, 7) is 1.34. The molecule has 3 rings (SSSR count). The van der Waals surface area contributed by atoms with Crippen LogP contribution in [-0.2, 0) is 9.53 Å². The molecule has 0 fully saturated rings. The number of hydrogen-bond acceptors (Lipinski definition) is 7. The fourth-order valence-electron chi connectivity index (χ4n) is 2.39. The average molecular weight is 402 g/mol. The first-order valence-corrected chi connectivity index (χ1v) is 8.50. The zero-order chi connectivity index (χ0) is 20.1. The van der Waals surface area contributed by atoms with Gasteiger partial charge in [0.2, 0.25) is 0 Å². The molecule has 1 aromatic heterocycles. The van der Waals surface area contributed by atoms with Crippen LogP contribution >= 0.6 is 11.6 Å². The lowest BCUT2D eigenvalue weighted by molar-refractivity contribution is -0.119. The molecule has 10 heteroatoms. The summed E-state index contributed by atoms with van der Waals surface area (Å²) in [5.41, 5.74) is 2.06. The molecule has 28 heavy (non-hydrogen) atoms. The summed E-state index contributed by atoms with van der Waals surface area (Å²) < 4.78 is 11.7. The maximum absolute atomic E-state index is 12.2. The van der Waals surface area contributed by atoms with E-state index in [1.54, 1.807) is 43.3 Å². The van der Waals surface area contributed by atoms with E-state index in [0.29, 0.717) is 22.1 Å². The Morgan fingerprint density at radius 3 is 2.79 bits per heavy atom. The number of tetrazole rings is 1. The van der Waals surface area contributed by atoms with Crippen LogP contribution in [0.1, 0.15) is 15.9 Å². The topological polar surface area (TPSA) is 108 Å². The highest BCUT2D eigenvalue weighted by Crippen LogP contribution is 2.30. The molecular weight excluding hydrogens is 386 g/mol. The number of esters is 1. The molecule has 1 N–H and O–H groups in total. The Balaban J connectivity index is 1.63. The largest absolute Gasteiger partial charge is 0.495 e. The van der Waals surface area contributed by atoms with Gasteiger partial charge in [-0.1, -0.05) is 17.7 Å². The summed E-state index contributed by atoms with van der Waals surface area (Å²) in [6, 6.07) is 9.80. The van der Waals surface area contributed by atoms with Crippen molar-refractivity contribution in [2.75, 3.05) is 19.0 Å². The average Bonchev–Trinajstić information content (AvgIpc) is 3.23. The van der Waals surface area contributed by atoms with Crippen LogP contribution in [0.15, 0.2) is 42.7 Å². The van der Waals surface area contributed by atoms with Gasteiger partial charge >= 0.3 is 5.97 Å². The third-order valence-corrected chi connectivity index (χ3v) is 4.19. The number of aromatic nitrogens is 4. The van der Waals surface area contributed by atoms with Gasteiger partial charge in [-0.2, -0.15) is 0 Å². The second-order valence-electron chi connectivity index (χ2n) is 5.73. The van der Waals surface area contributed by atoms with Crippen LogP contribution < -0.4 is 10.1 Å². The van der Waals surface area contributed by atoms with Crippen molar-refractivity contribution in [2.24, 2.45) is 0 Å². The maximum atomic E-state index is 12.2. The number of nitrogens with zero attached hydrogens (tertiary/aromatic N) is 4. The molecule has 0 atom stereocenters. The van der Waals surface area contributed by atoms with E-state index in [0.717, 1.165) is 5.56 Å². The number of methoxy groups -OCH3 is 1. The number of nitrogens with one attached hydrogen (secondary N) is 1. The molecule has 1 heterocycles. The third kappa shape index (κ3) is 4.44. The fourth-order valence-corrected chi connectivity index (χ4v) is 2.54. The number of ether oxygens (including phenoxy) is 2. The van der Waals surface area contributed by atoms with Crippen molar-refractivity contribution < 1.29 is 19.1 Å². The Kier molecular flexibility index (Phi) is 5.85. The Bertz CT molecular complexity index is 1010. The number of carbonyl (C=O) groups is 2. The Morgan fingerprint density at radius 1 is 1.25 bits per heavy atom. The van der Waals surface area contributed by atoms with Gasteiger partial charge in [-0.25, -0.2) is 9.48 Å². The predicted octanol–water partition coefficient (Wildman–Crippen LogP) is 2.43. The smallest absolute Gasteiger partial charge is 0.338 e. The van der Waals surface area contributed by atoms with E-state index in [1.165, 1.54) is 18.1 Å². The van der Waals surface area contributed by atoms with Gasteiger partial charge in [-0.05, 0) is 47.2 Å². The van der Waals surface area contributed by atoms with Crippen LogP contribution in [0.25, 0.3) is 5.69 Å². The molecule has 144 valence electrons. The van der Waals surface area contributed by atoms with E-state index in [1.807, 2.05) is 0 Å². The monoisotopic (exact) mass is 401 g/mol. The molecule has 0 saturated carbocycles. The number of amides is 1. The number of benzene rings is 2. The van der Waals surface area contributed by atoms with E-state index >= 15 is 0 Å². The quantitative estimate of drug-likeness (QED) is 0.632. The number of rotatable bonds is 6. The third-order valence-electron chi connectivity index (χ3n) is 3.78. The molecule has 0 radical (unpaired) electrons. The van der Waals surface area contributed by atoms with Gasteiger partial charge in [0.25, 0.3) is 5.91 Å². The van der Waals surface area contributed by atoms with Crippen LogP contribution in [-0.4, -0.2) is 45.8 Å². The van der Waals surface area contributed by atoms with Crippen molar-refractivity contribution >= 4 is 29.2 Å². The van der Waals surface area contributed by atoms with Crippen LogP contribution in [0, 0.1) is 6.92 Å². The zero-order valence-electron chi connectivity index (χ0n) is 15.0. The van der Waals surface area contributed by atoms with E-state index in [9.17, 15) is 9.59 Å². The maximum Gasteiger partial charge on any atom is 0.338 e. The van der Waals surface area contributed by atoms with Crippen molar-refractivity contribution in [2.45, 2.75) is 6.92 Å². The molecule has 0 unspecified atom stereocenters. The van der Waals surface area contributed by atoms with Crippen LogP contribution in [0.2, 0.25) is 5.02 Å². The van der Waals surface area contributed by atoms with Crippen molar-refractivity contribution in [3.63, 3.8) is 0 Å². The number of halogens is 1. The lowest BCUT2D eigenvalue weighted by Crippen LogP contribution is -2.21. The van der Waals surface area contributed by atoms with Crippen LogP contribution in [0.3, 0.4) is 0 Å². The molecule has 0 aliphatic rings. The van der Waals surface area contributed by atoms with E-state index in [2.05, 4.69) is 20.8 Å². The number of aryl methyl sites for hydroxylation is 1. The molecule has 0 saturated heterocycles. The summed E-state index contributed by atoms with van der Waals surface area (Å²) in [4.78, 5) is 24.4. The van der Waals surface area contributed by atoms with E-state index in [-0.39, 0.29) is 5.56 Å². The highest BCUT2D eigenvalue weighted by atomic mass is 35.5. The summed E-state index contributed by atoms with van der Waals surface area (Å²) >= 11 is 6.05. The summed E-state index contributed by atoms with van der Waals surface area (Å²) in [5.74, 6) is -0.751. The second-order valence-corrected chi connectivity index (χ2v) is 6.14. The minimum absolute atomic E-state index is 0.265. The molecule has 0 bridgehead atoms. The lowest BCUT2D eigenvalue weighted by Gasteiger charge is -2.12. The number of anilines is 1. The first kappa shape index (κ1) is 19.3. The van der Waals surface area contributed by atoms with Gasteiger partial charge in [0.15, 0.2) is 6.61 Å². The normalized spacial score (nSPS) is 10.4. The number of carbonyl (C=O) groups excluding carboxylic acids is 2. The molecule has 0 aliphatic heterocycles. The van der Waals surface area contributed by atoms with Crippen LogP contribution in [0.4, 0.5) is 5.69 Å². The molecule has 2 aromatic carbocycles. The second kappa shape index (κ2) is 8.49. The van der Waals surface area contributed by atoms with Gasteiger partial charge in [0.05, 0.1) is 24.0 Å². The zero-order valence-corrected chi connectivity index (χ0v) is 15.8. The van der Waals surface area contributed by atoms with Gasteiger partial charge < -0.3 is 14.8 Å². The predicted molar refractivity (Wildman–Crippen MR) is 101 cm³/mol. The highest BCUT2D eigenvalue weighted by molar-refractivity contribution is 6.31. The SMILES string of the molecule is COc1cc(Cl)c(C)cc1NC(=O)COC(=O)c1cccc(-n2cnnn2)c1. The lowest BCUT2D eigenvalue weighted by atomic mass is 10.2. The van der Waals surface area contributed by atoms with Gasteiger partial charge in [-0.15, -0.1) is 5.10 Å². The standard InChI is InChI=1S/C18H16ClN5O4/c1-11-6-15(16(27-2)8-14(11)19)21-17(25)9-28-18(26)12-4-3-5-13(7-12)24-10-20-22-23-24/h3-8,10H,9H2,1-2H3,(H,21,25). The Hall–Kier alpha value is -3.46.